The number of nitrogens with zero attached hydrogens (tertiary/aromatic N) is 1. The van der Waals surface area contributed by atoms with Crippen LogP contribution in [0.2, 0.25) is 5.02 Å². The molecule has 64 valence electrons. The predicted molar refractivity (Wildman–Crippen MR) is 56.3 cm³/mol. The van der Waals surface area contributed by atoms with Gasteiger partial charge in [0.15, 0.2) is 0 Å². The Morgan fingerprint density at radius 1 is 1.46 bits per heavy atom. The summed E-state index contributed by atoms with van der Waals surface area (Å²) in [4.78, 5) is 0. The van der Waals surface area contributed by atoms with Crippen molar-refractivity contribution in [2.75, 3.05) is 0 Å². The highest BCUT2D eigenvalue weighted by Crippen LogP contribution is 2.32. The van der Waals surface area contributed by atoms with Gasteiger partial charge in [0.05, 0.1) is 10.6 Å². The number of thiophene rings is 1. The molecular weight excluding hydrogens is 202 g/mol. The molecule has 0 spiro atoms. The molecule has 2 rings (SSSR count). The van der Waals surface area contributed by atoms with E-state index >= 15 is 0 Å². The lowest BCUT2D eigenvalue weighted by Crippen LogP contribution is -1.79. The monoisotopic (exact) mass is 207 g/mol. The minimum atomic E-state index is 0.538. The number of hydrogen-bond acceptors (Lipinski definition) is 2. The van der Waals surface area contributed by atoms with Gasteiger partial charge < -0.3 is 0 Å². The van der Waals surface area contributed by atoms with Gasteiger partial charge in [-0.3, -0.25) is 0 Å². The summed E-state index contributed by atoms with van der Waals surface area (Å²) in [6.07, 6.45) is 0. The van der Waals surface area contributed by atoms with Gasteiger partial charge in [-0.05, 0) is 30.0 Å². The molecule has 0 unspecified atom stereocenters. The molecule has 3 heteroatoms. The fourth-order valence-corrected chi connectivity index (χ4v) is 2.52. The Kier molecular flexibility index (Phi) is 1.99. The molecule has 1 aromatic heterocycles. The molecule has 0 saturated carbocycles. The third kappa shape index (κ3) is 1.21. The number of aryl methyl sites for hydroxylation is 1. The molecule has 0 saturated heterocycles. The summed E-state index contributed by atoms with van der Waals surface area (Å²) < 4.78 is 1.12. The van der Waals surface area contributed by atoms with Gasteiger partial charge in [-0.2, -0.15) is 5.26 Å². The van der Waals surface area contributed by atoms with E-state index < -0.39 is 0 Å². The van der Waals surface area contributed by atoms with E-state index in [2.05, 4.69) is 6.07 Å². The Balaban J connectivity index is 2.99. The van der Waals surface area contributed by atoms with Crippen molar-refractivity contribution in [1.29, 1.82) is 5.26 Å². The average molecular weight is 208 g/mol. The molecule has 0 bridgehead atoms. The second-order valence-corrected chi connectivity index (χ2v) is 4.14. The molecule has 0 radical (unpaired) electrons. The van der Waals surface area contributed by atoms with Gasteiger partial charge in [0.25, 0.3) is 0 Å². The van der Waals surface area contributed by atoms with E-state index in [1.54, 1.807) is 17.4 Å². The topological polar surface area (TPSA) is 23.8 Å². The minimum Gasteiger partial charge on any atom is -0.192 e. The number of nitriles is 1. The van der Waals surface area contributed by atoms with Gasteiger partial charge in [0, 0.05) is 10.1 Å². The van der Waals surface area contributed by atoms with Crippen molar-refractivity contribution in [1.82, 2.24) is 0 Å². The first-order valence-corrected chi connectivity index (χ1v) is 5.06. The molecule has 0 aliphatic carbocycles. The number of fused-ring (bicyclic) bond motifs is 1. The second-order valence-electron chi connectivity index (χ2n) is 2.83. The molecule has 0 amide bonds. The van der Waals surface area contributed by atoms with E-state index in [-0.39, 0.29) is 0 Å². The molecule has 0 N–H and O–H groups in total. The van der Waals surface area contributed by atoms with Crippen LogP contribution in [0.4, 0.5) is 0 Å². The molecule has 1 nitrogen and oxygen atoms in total. The highest BCUT2D eigenvalue weighted by Gasteiger charge is 2.08. The third-order valence-corrected chi connectivity index (χ3v) is 3.37. The summed E-state index contributed by atoms with van der Waals surface area (Å²) in [5.74, 6) is 0. The van der Waals surface area contributed by atoms with Crippen LogP contribution in [0, 0.1) is 18.3 Å². The van der Waals surface area contributed by atoms with Crippen LogP contribution in [-0.4, -0.2) is 0 Å². The van der Waals surface area contributed by atoms with E-state index in [0.29, 0.717) is 10.6 Å². The highest BCUT2D eigenvalue weighted by molar-refractivity contribution is 7.17. The van der Waals surface area contributed by atoms with Gasteiger partial charge >= 0.3 is 0 Å². The number of hydrogen-bond donors (Lipinski definition) is 0. The van der Waals surface area contributed by atoms with Crippen LogP contribution in [0.3, 0.4) is 0 Å². The van der Waals surface area contributed by atoms with Crippen LogP contribution in [0.1, 0.15) is 11.1 Å². The quantitative estimate of drug-likeness (QED) is 0.646. The van der Waals surface area contributed by atoms with Crippen molar-refractivity contribution in [2.24, 2.45) is 0 Å². The van der Waals surface area contributed by atoms with Crippen LogP contribution in [0.5, 0.6) is 0 Å². The molecule has 0 aliphatic heterocycles. The van der Waals surface area contributed by atoms with Gasteiger partial charge in [0.2, 0.25) is 0 Å². The van der Waals surface area contributed by atoms with Crippen molar-refractivity contribution in [3.05, 3.63) is 33.7 Å². The standard InChI is InChI=1S/C10H6ClNS/c1-6-5-13-9-3-2-8(11)7(4-12)10(6)9/h2-3,5H,1H3. The van der Waals surface area contributed by atoms with Crippen molar-refractivity contribution in [2.45, 2.75) is 6.92 Å². The SMILES string of the molecule is Cc1csc2ccc(Cl)c(C#N)c12. The fourth-order valence-electron chi connectivity index (χ4n) is 1.37. The summed E-state index contributed by atoms with van der Waals surface area (Å²) in [6, 6.07) is 5.87. The normalized spacial score (nSPS) is 10.2. The zero-order valence-electron chi connectivity index (χ0n) is 6.97. The van der Waals surface area contributed by atoms with Gasteiger partial charge in [-0.1, -0.05) is 11.6 Å². The molecule has 13 heavy (non-hydrogen) atoms. The maximum atomic E-state index is 8.93. The van der Waals surface area contributed by atoms with Crippen LogP contribution in [0.25, 0.3) is 10.1 Å². The summed E-state index contributed by atoms with van der Waals surface area (Å²) in [5.41, 5.74) is 1.72. The highest BCUT2D eigenvalue weighted by atomic mass is 35.5. The van der Waals surface area contributed by atoms with Gasteiger partial charge in [-0.25, -0.2) is 0 Å². The Hall–Kier alpha value is -1.04. The number of benzene rings is 1. The zero-order valence-corrected chi connectivity index (χ0v) is 8.54. The lowest BCUT2D eigenvalue weighted by Gasteiger charge is -1.97. The summed E-state index contributed by atoms with van der Waals surface area (Å²) in [7, 11) is 0. The summed E-state index contributed by atoms with van der Waals surface area (Å²) >= 11 is 7.56. The summed E-state index contributed by atoms with van der Waals surface area (Å²) in [5, 5.41) is 12.5. The molecule has 0 aliphatic rings. The van der Waals surface area contributed by atoms with Crippen molar-refractivity contribution < 1.29 is 0 Å². The van der Waals surface area contributed by atoms with Crippen molar-refractivity contribution in [3.63, 3.8) is 0 Å². The first-order valence-electron chi connectivity index (χ1n) is 3.80. The number of halogens is 1. The molecule has 1 heterocycles. The largest absolute Gasteiger partial charge is 0.192 e. The van der Waals surface area contributed by atoms with Gasteiger partial charge in [0.1, 0.15) is 6.07 Å². The lowest BCUT2D eigenvalue weighted by molar-refractivity contribution is 1.49. The van der Waals surface area contributed by atoms with Crippen LogP contribution in [-0.2, 0) is 0 Å². The third-order valence-electron chi connectivity index (χ3n) is 1.99. The second kappa shape index (κ2) is 3.02. The maximum absolute atomic E-state index is 8.93. The Morgan fingerprint density at radius 3 is 2.92 bits per heavy atom. The Labute approximate surface area is 85.2 Å². The summed E-state index contributed by atoms with van der Waals surface area (Å²) in [6.45, 7) is 2.00. The number of rotatable bonds is 0. The fraction of sp³-hybridized carbons (Fsp3) is 0.100. The Bertz CT molecular complexity index is 507. The van der Waals surface area contributed by atoms with E-state index in [9.17, 15) is 0 Å². The Morgan fingerprint density at radius 2 is 2.23 bits per heavy atom. The molecule has 2 aromatic rings. The van der Waals surface area contributed by atoms with E-state index in [4.69, 9.17) is 16.9 Å². The zero-order chi connectivity index (χ0) is 9.42. The minimum absolute atomic E-state index is 0.538. The first-order chi connectivity index (χ1) is 6.24. The molecule has 0 fully saturated rings. The molecule has 1 aromatic carbocycles. The van der Waals surface area contributed by atoms with Crippen molar-refractivity contribution in [3.8, 4) is 6.07 Å². The molecular formula is C10H6ClNS. The molecule has 0 atom stereocenters. The lowest BCUT2D eigenvalue weighted by atomic mass is 10.1. The van der Waals surface area contributed by atoms with Crippen LogP contribution >= 0.6 is 22.9 Å². The van der Waals surface area contributed by atoms with E-state index in [1.165, 1.54) is 0 Å². The van der Waals surface area contributed by atoms with Crippen molar-refractivity contribution >= 4 is 33.0 Å². The maximum Gasteiger partial charge on any atom is 0.101 e. The predicted octanol–water partition coefficient (Wildman–Crippen LogP) is 3.73. The van der Waals surface area contributed by atoms with E-state index in [0.717, 1.165) is 15.6 Å². The average Bonchev–Trinajstić information content (AvgIpc) is 2.49. The van der Waals surface area contributed by atoms with Crippen LogP contribution in [0.15, 0.2) is 17.5 Å². The van der Waals surface area contributed by atoms with Gasteiger partial charge in [-0.15, -0.1) is 11.3 Å². The van der Waals surface area contributed by atoms with Crippen LogP contribution < -0.4 is 0 Å². The van der Waals surface area contributed by atoms with E-state index in [1.807, 2.05) is 18.4 Å². The first kappa shape index (κ1) is 8.55. The smallest absolute Gasteiger partial charge is 0.101 e.